The Morgan fingerprint density at radius 2 is 1.69 bits per heavy atom. The van der Waals surface area contributed by atoms with Gasteiger partial charge < -0.3 is 14.2 Å². The Balaban J connectivity index is 1.42. The second kappa shape index (κ2) is 8.71. The minimum atomic E-state index is -3.97. The molecule has 1 fully saturated rings. The third kappa shape index (κ3) is 4.50. The standard InChI is InChI=1S/C20H19FN4O5S2/c1-13-17(31-20(22-13)23-32(28,29)15-6-4-14(21)5-7-15)19(27)25-10-8-24(9-11-25)18(26)16-3-2-12-30-16/h2-7,12H,8-11H2,1H3,(H,22,23). The summed E-state index contributed by atoms with van der Waals surface area (Å²) in [5, 5.41) is 0.0433. The van der Waals surface area contributed by atoms with Gasteiger partial charge >= 0.3 is 0 Å². The van der Waals surface area contributed by atoms with Crippen molar-refractivity contribution in [2.24, 2.45) is 0 Å². The van der Waals surface area contributed by atoms with Crippen LogP contribution in [-0.2, 0) is 10.0 Å². The smallest absolute Gasteiger partial charge is 0.289 e. The molecule has 32 heavy (non-hydrogen) atoms. The Morgan fingerprint density at radius 1 is 1.06 bits per heavy atom. The van der Waals surface area contributed by atoms with E-state index in [1.165, 1.54) is 6.26 Å². The molecule has 2 amide bonds. The van der Waals surface area contributed by atoms with Crippen LogP contribution in [0.25, 0.3) is 0 Å². The zero-order valence-electron chi connectivity index (χ0n) is 16.9. The van der Waals surface area contributed by atoms with Gasteiger partial charge in [0.1, 0.15) is 10.7 Å². The van der Waals surface area contributed by atoms with Crippen LogP contribution in [-0.4, -0.2) is 61.2 Å². The molecule has 1 aromatic carbocycles. The zero-order valence-corrected chi connectivity index (χ0v) is 18.6. The molecule has 2 aromatic heterocycles. The first-order valence-corrected chi connectivity index (χ1v) is 11.9. The minimum Gasteiger partial charge on any atom is -0.459 e. The first-order valence-electron chi connectivity index (χ1n) is 9.62. The van der Waals surface area contributed by atoms with Crippen molar-refractivity contribution < 1.29 is 26.8 Å². The van der Waals surface area contributed by atoms with E-state index in [4.69, 9.17) is 4.42 Å². The van der Waals surface area contributed by atoms with Gasteiger partial charge in [0.25, 0.3) is 21.8 Å². The Kier molecular flexibility index (Phi) is 5.98. The third-order valence-corrected chi connectivity index (χ3v) is 7.47. The fourth-order valence-corrected chi connectivity index (χ4v) is 5.41. The number of aromatic nitrogens is 1. The number of furan rings is 1. The monoisotopic (exact) mass is 478 g/mol. The van der Waals surface area contributed by atoms with Crippen molar-refractivity contribution in [3.63, 3.8) is 0 Å². The van der Waals surface area contributed by atoms with E-state index in [2.05, 4.69) is 9.71 Å². The number of anilines is 1. The predicted molar refractivity (Wildman–Crippen MR) is 115 cm³/mol. The summed E-state index contributed by atoms with van der Waals surface area (Å²) >= 11 is 0.929. The molecule has 1 aliphatic rings. The summed E-state index contributed by atoms with van der Waals surface area (Å²) in [6, 6.07) is 7.62. The number of amides is 2. The van der Waals surface area contributed by atoms with Crippen molar-refractivity contribution in [2.45, 2.75) is 11.8 Å². The Bertz CT molecular complexity index is 1230. The number of thiazole rings is 1. The normalized spacial score (nSPS) is 14.4. The molecule has 4 rings (SSSR count). The topological polar surface area (TPSA) is 113 Å². The third-order valence-electron chi connectivity index (χ3n) is 4.92. The molecule has 0 bridgehead atoms. The SMILES string of the molecule is Cc1nc(NS(=O)(=O)c2ccc(F)cc2)sc1C(=O)N1CCN(C(=O)c2ccco2)CC1. The number of aryl methyl sites for hydroxylation is 1. The van der Waals surface area contributed by atoms with Crippen LogP contribution >= 0.6 is 11.3 Å². The molecule has 0 saturated carbocycles. The second-order valence-corrected chi connectivity index (χ2v) is 9.74. The van der Waals surface area contributed by atoms with Crippen molar-refractivity contribution in [3.05, 3.63) is 64.8 Å². The summed E-state index contributed by atoms with van der Waals surface area (Å²) in [5.74, 6) is -0.806. The average Bonchev–Trinajstić information content (AvgIpc) is 3.43. The lowest BCUT2D eigenvalue weighted by Gasteiger charge is -2.34. The fraction of sp³-hybridized carbons (Fsp3) is 0.250. The molecule has 0 radical (unpaired) electrons. The van der Waals surface area contributed by atoms with Gasteiger partial charge in [0.05, 0.1) is 16.9 Å². The van der Waals surface area contributed by atoms with Gasteiger partial charge in [0.2, 0.25) is 0 Å². The Morgan fingerprint density at radius 3 is 2.28 bits per heavy atom. The highest BCUT2D eigenvalue weighted by Crippen LogP contribution is 2.27. The van der Waals surface area contributed by atoms with Gasteiger partial charge in [-0.3, -0.25) is 14.3 Å². The molecule has 1 aliphatic heterocycles. The number of piperazine rings is 1. The van der Waals surface area contributed by atoms with E-state index < -0.39 is 15.8 Å². The molecular formula is C20H19FN4O5S2. The van der Waals surface area contributed by atoms with E-state index in [0.29, 0.717) is 36.8 Å². The number of hydrogen-bond donors (Lipinski definition) is 1. The van der Waals surface area contributed by atoms with E-state index in [1.54, 1.807) is 28.9 Å². The van der Waals surface area contributed by atoms with Crippen molar-refractivity contribution in [1.82, 2.24) is 14.8 Å². The lowest BCUT2D eigenvalue weighted by molar-refractivity contribution is 0.0520. The van der Waals surface area contributed by atoms with Gasteiger partial charge in [-0.05, 0) is 43.3 Å². The van der Waals surface area contributed by atoms with Crippen molar-refractivity contribution in [1.29, 1.82) is 0 Å². The van der Waals surface area contributed by atoms with Crippen molar-refractivity contribution in [3.8, 4) is 0 Å². The molecule has 1 saturated heterocycles. The van der Waals surface area contributed by atoms with Crippen LogP contribution in [0.4, 0.5) is 9.52 Å². The van der Waals surface area contributed by atoms with Gasteiger partial charge in [-0.25, -0.2) is 17.8 Å². The van der Waals surface area contributed by atoms with Crippen LogP contribution in [0.5, 0.6) is 0 Å². The van der Waals surface area contributed by atoms with E-state index in [-0.39, 0.29) is 27.6 Å². The largest absolute Gasteiger partial charge is 0.459 e. The van der Waals surface area contributed by atoms with Gasteiger partial charge in [-0.1, -0.05) is 11.3 Å². The first kappa shape index (κ1) is 22.0. The maximum absolute atomic E-state index is 13.1. The lowest BCUT2D eigenvalue weighted by atomic mass is 10.2. The van der Waals surface area contributed by atoms with Gasteiger partial charge in [0.15, 0.2) is 10.9 Å². The molecule has 0 aliphatic carbocycles. The van der Waals surface area contributed by atoms with Gasteiger partial charge in [-0.15, -0.1) is 0 Å². The number of rotatable bonds is 5. The molecule has 3 aromatic rings. The number of hydrogen-bond acceptors (Lipinski definition) is 7. The summed E-state index contributed by atoms with van der Waals surface area (Å²) in [7, 11) is -3.97. The van der Waals surface area contributed by atoms with Crippen LogP contribution in [0.15, 0.2) is 52.0 Å². The first-order chi connectivity index (χ1) is 15.2. The summed E-state index contributed by atoms with van der Waals surface area (Å²) in [4.78, 5) is 32.9. The van der Waals surface area contributed by atoms with Crippen molar-refractivity contribution >= 4 is 38.3 Å². The highest BCUT2D eigenvalue weighted by molar-refractivity contribution is 7.93. The maximum Gasteiger partial charge on any atom is 0.289 e. The number of sulfonamides is 1. The van der Waals surface area contributed by atoms with Crippen LogP contribution in [0.2, 0.25) is 0 Å². The molecular weight excluding hydrogens is 459 g/mol. The second-order valence-electron chi connectivity index (χ2n) is 7.05. The molecule has 3 heterocycles. The van der Waals surface area contributed by atoms with Crippen LogP contribution in [0, 0.1) is 12.7 Å². The number of nitrogens with one attached hydrogen (secondary N) is 1. The number of carbonyl (C=O) groups is 2. The van der Waals surface area contributed by atoms with E-state index in [0.717, 1.165) is 35.6 Å². The molecule has 0 spiro atoms. The quantitative estimate of drug-likeness (QED) is 0.603. The highest BCUT2D eigenvalue weighted by atomic mass is 32.2. The summed E-state index contributed by atoms with van der Waals surface area (Å²) < 4.78 is 45.5. The number of benzene rings is 1. The molecule has 0 unspecified atom stereocenters. The summed E-state index contributed by atoms with van der Waals surface area (Å²) in [6.07, 6.45) is 1.43. The molecule has 1 N–H and O–H groups in total. The summed E-state index contributed by atoms with van der Waals surface area (Å²) in [6.45, 7) is 3.00. The van der Waals surface area contributed by atoms with E-state index in [1.807, 2.05) is 0 Å². The van der Waals surface area contributed by atoms with E-state index >= 15 is 0 Å². The molecule has 168 valence electrons. The highest BCUT2D eigenvalue weighted by Gasteiger charge is 2.29. The molecule has 12 heteroatoms. The fourth-order valence-electron chi connectivity index (χ4n) is 3.24. The maximum atomic E-state index is 13.1. The summed E-state index contributed by atoms with van der Waals surface area (Å²) in [5.41, 5.74) is 0.394. The Hall–Kier alpha value is -3.25. The average molecular weight is 479 g/mol. The van der Waals surface area contributed by atoms with Crippen LogP contribution < -0.4 is 4.72 Å². The van der Waals surface area contributed by atoms with Crippen LogP contribution in [0.1, 0.15) is 25.9 Å². The predicted octanol–water partition coefficient (Wildman–Crippen LogP) is 2.58. The number of halogens is 1. The molecule has 9 nitrogen and oxygen atoms in total. The molecule has 0 atom stereocenters. The van der Waals surface area contributed by atoms with Gasteiger partial charge in [-0.2, -0.15) is 0 Å². The number of nitrogens with zero attached hydrogens (tertiary/aromatic N) is 3. The number of carbonyl (C=O) groups excluding carboxylic acids is 2. The Labute approximate surface area is 187 Å². The van der Waals surface area contributed by atoms with E-state index in [9.17, 15) is 22.4 Å². The minimum absolute atomic E-state index is 0.0433. The zero-order chi connectivity index (χ0) is 22.9. The lowest BCUT2D eigenvalue weighted by Crippen LogP contribution is -2.50. The van der Waals surface area contributed by atoms with Crippen LogP contribution in [0.3, 0.4) is 0 Å². The van der Waals surface area contributed by atoms with Gasteiger partial charge in [0, 0.05) is 26.2 Å². The van der Waals surface area contributed by atoms with Crippen molar-refractivity contribution in [2.75, 3.05) is 30.9 Å².